The van der Waals surface area contributed by atoms with Crippen molar-refractivity contribution < 1.29 is 14.0 Å². The summed E-state index contributed by atoms with van der Waals surface area (Å²) in [5.74, 6) is -0.606. The van der Waals surface area contributed by atoms with Gasteiger partial charge in [-0.2, -0.15) is 0 Å². The van der Waals surface area contributed by atoms with Crippen molar-refractivity contribution in [2.24, 2.45) is 0 Å². The van der Waals surface area contributed by atoms with Crippen molar-refractivity contribution in [2.75, 3.05) is 0 Å². The molecule has 2 aromatic heterocycles. The first-order valence-corrected chi connectivity index (χ1v) is 9.77. The molecule has 1 aromatic carbocycles. The smallest absolute Gasteiger partial charge is 0.271 e. The van der Waals surface area contributed by atoms with Gasteiger partial charge in [-0.3, -0.25) is 9.59 Å². The molecule has 2 heterocycles. The Bertz CT molecular complexity index is 1040. The van der Waals surface area contributed by atoms with Crippen LogP contribution in [-0.4, -0.2) is 33.3 Å². The van der Waals surface area contributed by atoms with Crippen LogP contribution in [0.2, 0.25) is 0 Å². The minimum atomic E-state index is -0.315. The Morgan fingerprint density at radius 3 is 2.55 bits per heavy atom. The second kappa shape index (κ2) is 8.03. The second-order valence-corrected chi connectivity index (χ2v) is 7.57. The first-order valence-electron chi connectivity index (χ1n) is 9.77. The molecule has 2 N–H and O–H groups in total. The van der Waals surface area contributed by atoms with Crippen LogP contribution in [0.15, 0.2) is 48.7 Å². The lowest BCUT2D eigenvalue weighted by atomic mass is 10.1. The summed E-state index contributed by atoms with van der Waals surface area (Å²) in [7, 11) is 0. The molecule has 0 radical (unpaired) electrons. The summed E-state index contributed by atoms with van der Waals surface area (Å²) in [6, 6.07) is 11.7. The Kier molecular flexibility index (Phi) is 5.29. The van der Waals surface area contributed by atoms with Crippen LogP contribution in [0, 0.1) is 12.7 Å². The third kappa shape index (κ3) is 4.45. The average Bonchev–Trinajstić information content (AvgIpc) is 3.31. The van der Waals surface area contributed by atoms with Gasteiger partial charge in [-0.15, -0.1) is 0 Å². The number of nitrogens with zero attached hydrogens (tertiary/aromatic N) is 2. The highest BCUT2D eigenvalue weighted by Gasteiger charge is 2.27. The monoisotopic (exact) mass is 394 g/mol. The number of imidazole rings is 1. The Morgan fingerprint density at radius 2 is 1.83 bits per heavy atom. The first-order chi connectivity index (χ1) is 14.0. The van der Waals surface area contributed by atoms with Gasteiger partial charge in [0, 0.05) is 24.0 Å². The van der Waals surface area contributed by atoms with Crippen molar-refractivity contribution in [3.8, 4) is 0 Å². The number of hydrogen-bond donors (Lipinski definition) is 2. The van der Waals surface area contributed by atoms with Gasteiger partial charge in [0.1, 0.15) is 17.2 Å². The normalized spacial score (nSPS) is 18.7. The molecule has 7 heteroatoms. The lowest BCUT2D eigenvalue weighted by Gasteiger charge is -2.14. The number of aromatic nitrogens is 2. The third-order valence-corrected chi connectivity index (χ3v) is 5.34. The van der Waals surface area contributed by atoms with Gasteiger partial charge < -0.3 is 15.0 Å². The number of rotatable bonds is 5. The molecule has 2 atom stereocenters. The summed E-state index contributed by atoms with van der Waals surface area (Å²) in [6.07, 6.45) is 4.27. The number of nitrogens with one attached hydrogen (secondary N) is 2. The Balaban J connectivity index is 1.30. The summed E-state index contributed by atoms with van der Waals surface area (Å²) in [4.78, 5) is 29.2. The number of carbonyl (C=O) groups excluding carboxylic acids is 2. The van der Waals surface area contributed by atoms with Crippen molar-refractivity contribution in [3.05, 3.63) is 71.4 Å². The van der Waals surface area contributed by atoms with E-state index in [-0.39, 0.29) is 36.1 Å². The largest absolute Gasteiger partial charge is 0.353 e. The quantitative estimate of drug-likeness (QED) is 0.699. The van der Waals surface area contributed by atoms with Crippen molar-refractivity contribution in [1.82, 2.24) is 20.0 Å². The molecule has 6 nitrogen and oxygen atoms in total. The van der Waals surface area contributed by atoms with Crippen LogP contribution in [0.5, 0.6) is 0 Å². The van der Waals surface area contributed by atoms with Crippen LogP contribution in [0.1, 0.15) is 41.0 Å². The Morgan fingerprint density at radius 1 is 1.10 bits per heavy atom. The van der Waals surface area contributed by atoms with E-state index in [1.54, 1.807) is 18.3 Å². The molecule has 1 aliphatic rings. The van der Waals surface area contributed by atoms with E-state index in [0.717, 1.165) is 29.7 Å². The fraction of sp³-hybridized carbons (Fsp3) is 0.318. The van der Waals surface area contributed by atoms with Crippen molar-refractivity contribution in [1.29, 1.82) is 0 Å². The number of aryl methyl sites for hydroxylation is 1. The van der Waals surface area contributed by atoms with Crippen LogP contribution in [0.4, 0.5) is 4.39 Å². The zero-order chi connectivity index (χ0) is 20.4. The van der Waals surface area contributed by atoms with Crippen LogP contribution in [0.3, 0.4) is 0 Å². The fourth-order valence-corrected chi connectivity index (χ4v) is 3.83. The topological polar surface area (TPSA) is 75.5 Å². The van der Waals surface area contributed by atoms with Crippen molar-refractivity contribution in [3.63, 3.8) is 0 Å². The number of carbonyl (C=O) groups is 2. The number of amides is 2. The molecule has 150 valence electrons. The zero-order valence-corrected chi connectivity index (χ0v) is 16.2. The maximum Gasteiger partial charge on any atom is 0.271 e. The van der Waals surface area contributed by atoms with Gasteiger partial charge in [0.15, 0.2) is 0 Å². The number of halogens is 1. The summed E-state index contributed by atoms with van der Waals surface area (Å²) in [6.45, 7) is 1.96. The maximum atomic E-state index is 13.0. The summed E-state index contributed by atoms with van der Waals surface area (Å²) in [5, 5.41) is 6.04. The molecule has 1 aliphatic carbocycles. The molecule has 1 saturated carbocycles. The van der Waals surface area contributed by atoms with Gasteiger partial charge in [-0.05, 0) is 56.0 Å². The van der Waals surface area contributed by atoms with Crippen LogP contribution in [-0.2, 0) is 11.2 Å². The molecular weight excluding hydrogens is 371 g/mol. The molecule has 1 fully saturated rings. The summed E-state index contributed by atoms with van der Waals surface area (Å²) in [5.41, 5.74) is 2.92. The van der Waals surface area contributed by atoms with E-state index >= 15 is 0 Å². The lowest BCUT2D eigenvalue weighted by Crippen LogP contribution is -2.37. The molecule has 0 aliphatic heterocycles. The molecule has 0 spiro atoms. The minimum Gasteiger partial charge on any atom is -0.353 e. The predicted molar refractivity (Wildman–Crippen MR) is 107 cm³/mol. The van der Waals surface area contributed by atoms with E-state index in [0.29, 0.717) is 12.1 Å². The highest BCUT2D eigenvalue weighted by molar-refractivity contribution is 5.93. The molecule has 2 amide bonds. The van der Waals surface area contributed by atoms with Crippen molar-refractivity contribution in [2.45, 2.75) is 44.7 Å². The van der Waals surface area contributed by atoms with Crippen LogP contribution >= 0.6 is 0 Å². The number of benzene rings is 1. The predicted octanol–water partition coefficient (Wildman–Crippen LogP) is 2.79. The molecular formula is C22H23FN4O2. The minimum absolute atomic E-state index is 0.00419. The fourth-order valence-electron chi connectivity index (χ4n) is 3.83. The summed E-state index contributed by atoms with van der Waals surface area (Å²) < 4.78 is 14.9. The van der Waals surface area contributed by atoms with Gasteiger partial charge in [0.2, 0.25) is 5.91 Å². The van der Waals surface area contributed by atoms with Gasteiger partial charge >= 0.3 is 0 Å². The third-order valence-electron chi connectivity index (χ3n) is 5.34. The molecule has 0 saturated heterocycles. The van der Waals surface area contributed by atoms with Gasteiger partial charge in [0.05, 0.1) is 6.42 Å². The molecule has 0 bridgehead atoms. The van der Waals surface area contributed by atoms with E-state index in [4.69, 9.17) is 0 Å². The van der Waals surface area contributed by atoms with Gasteiger partial charge in [0.25, 0.3) is 5.91 Å². The standard InChI is InChI=1S/C22H23FN4O2/c1-14-3-2-4-20-26-19(13-27(14)20)22(29)25-18-10-9-17(12-18)24-21(28)11-15-5-7-16(23)8-6-15/h2-8,13,17-18H,9-12H2,1H3,(H,24,28)(H,25,29)/t17-,18+/m0/s1. The highest BCUT2D eigenvalue weighted by Crippen LogP contribution is 2.20. The maximum absolute atomic E-state index is 13.0. The first kappa shape index (κ1) is 19.1. The molecule has 29 heavy (non-hydrogen) atoms. The number of hydrogen-bond acceptors (Lipinski definition) is 3. The van der Waals surface area contributed by atoms with E-state index in [2.05, 4.69) is 15.6 Å². The van der Waals surface area contributed by atoms with Crippen LogP contribution in [0.25, 0.3) is 5.65 Å². The van der Waals surface area contributed by atoms with E-state index < -0.39 is 0 Å². The van der Waals surface area contributed by atoms with E-state index in [9.17, 15) is 14.0 Å². The SMILES string of the molecule is Cc1cccc2nc(C(=O)N[C@@H]3CC[C@H](NC(=O)Cc4ccc(F)cc4)C3)cn12. The van der Waals surface area contributed by atoms with E-state index in [1.165, 1.54) is 12.1 Å². The highest BCUT2D eigenvalue weighted by atomic mass is 19.1. The Labute approximate surface area is 168 Å². The van der Waals surface area contributed by atoms with Gasteiger partial charge in [-0.25, -0.2) is 9.37 Å². The van der Waals surface area contributed by atoms with Gasteiger partial charge in [-0.1, -0.05) is 18.2 Å². The number of pyridine rings is 1. The Hall–Kier alpha value is -3.22. The van der Waals surface area contributed by atoms with E-state index in [1.807, 2.05) is 29.5 Å². The second-order valence-electron chi connectivity index (χ2n) is 7.57. The molecule has 4 rings (SSSR count). The molecule has 0 unspecified atom stereocenters. The average molecular weight is 394 g/mol. The number of fused-ring (bicyclic) bond motifs is 1. The summed E-state index contributed by atoms with van der Waals surface area (Å²) >= 11 is 0. The lowest BCUT2D eigenvalue weighted by molar-refractivity contribution is -0.121. The van der Waals surface area contributed by atoms with Crippen LogP contribution < -0.4 is 10.6 Å². The van der Waals surface area contributed by atoms with Crippen molar-refractivity contribution >= 4 is 17.5 Å². The molecule has 3 aromatic rings. The zero-order valence-electron chi connectivity index (χ0n) is 16.2.